The molecule has 0 fully saturated rings. The second-order valence-corrected chi connectivity index (χ2v) is 5.83. The fourth-order valence-corrected chi connectivity index (χ4v) is 3.13. The van der Waals surface area contributed by atoms with Crippen molar-refractivity contribution in [3.05, 3.63) is 81.5 Å². The van der Waals surface area contributed by atoms with E-state index >= 15 is 0 Å². The summed E-state index contributed by atoms with van der Waals surface area (Å²) in [5, 5.41) is 27.9. The monoisotopic (exact) mass is 360 g/mol. The van der Waals surface area contributed by atoms with Crippen LogP contribution in [0.2, 0.25) is 0 Å². The number of hydrogen-bond donors (Lipinski definition) is 2. The SMILES string of the molecule is N#CC1=C(N)Oc2n[nH]c(-c3ccncc3)c2[C@@H]1c1cccc([N+](=O)[O-])c1. The lowest BCUT2D eigenvalue weighted by molar-refractivity contribution is -0.384. The Morgan fingerprint density at radius 3 is 2.78 bits per heavy atom. The third kappa shape index (κ3) is 2.65. The quantitative estimate of drug-likeness (QED) is 0.539. The van der Waals surface area contributed by atoms with E-state index < -0.39 is 10.8 Å². The number of aromatic nitrogens is 3. The number of non-ortho nitro benzene ring substituents is 1. The van der Waals surface area contributed by atoms with Crippen molar-refractivity contribution in [2.75, 3.05) is 0 Å². The summed E-state index contributed by atoms with van der Waals surface area (Å²) in [4.78, 5) is 14.7. The van der Waals surface area contributed by atoms with Crippen LogP contribution in [0.15, 0.2) is 60.2 Å². The Hall–Kier alpha value is -4.19. The number of hydrogen-bond acceptors (Lipinski definition) is 7. The van der Waals surface area contributed by atoms with Crippen LogP contribution < -0.4 is 10.5 Å². The number of benzene rings is 1. The summed E-state index contributed by atoms with van der Waals surface area (Å²) < 4.78 is 5.51. The van der Waals surface area contributed by atoms with Crippen molar-refractivity contribution in [1.82, 2.24) is 15.2 Å². The molecule has 3 N–H and O–H groups in total. The fraction of sp³-hybridized carbons (Fsp3) is 0.0556. The number of aromatic amines is 1. The number of nitrogens with one attached hydrogen (secondary N) is 1. The molecule has 0 radical (unpaired) electrons. The molecule has 0 spiro atoms. The summed E-state index contributed by atoms with van der Waals surface area (Å²) in [7, 11) is 0. The topological polar surface area (TPSA) is 144 Å². The van der Waals surface area contributed by atoms with Gasteiger partial charge >= 0.3 is 0 Å². The molecule has 3 heterocycles. The first-order chi connectivity index (χ1) is 13.1. The van der Waals surface area contributed by atoms with E-state index in [9.17, 15) is 15.4 Å². The Morgan fingerprint density at radius 2 is 2.07 bits per heavy atom. The second kappa shape index (κ2) is 6.27. The van der Waals surface area contributed by atoms with Gasteiger partial charge < -0.3 is 10.5 Å². The number of pyridine rings is 1. The average molecular weight is 360 g/mol. The summed E-state index contributed by atoms with van der Waals surface area (Å²) >= 11 is 0. The number of nitrogens with zero attached hydrogens (tertiary/aromatic N) is 4. The molecule has 1 aromatic carbocycles. The molecule has 9 heteroatoms. The van der Waals surface area contributed by atoms with Crippen LogP contribution in [0.1, 0.15) is 17.0 Å². The molecule has 4 rings (SSSR count). The standard InChI is InChI=1S/C18H12N6O3/c19-9-13-14(11-2-1-3-12(8-11)24(25)26)15-16(10-4-6-21-7-5-10)22-23-18(15)27-17(13)20/h1-8,14H,20H2,(H,22,23)/t14-/m1/s1. The highest BCUT2D eigenvalue weighted by atomic mass is 16.6. The van der Waals surface area contributed by atoms with Crippen molar-refractivity contribution in [2.45, 2.75) is 5.92 Å². The molecular weight excluding hydrogens is 348 g/mol. The van der Waals surface area contributed by atoms with Gasteiger partial charge in [-0.3, -0.25) is 20.2 Å². The van der Waals surface area contributed by atoms with Gasteiger partial charge in [-0.1, -0.05) is 12.1 Å². The minimum atomic E-state index is -0.652. The molecule has 9 nitrogen and oxygen atoms in total. The first kappa shape index (κ1) is 16.3. The summed E-state index contributed by atoms with van der Waals surface area (Å²) in [6, 6.07) is 11.7. The number of allylic oxidation sites excluding steroid dienone is 1. The Balaban J connectivity index is 1.96. The van der Waals surface area contributed by atoms with E-state index in [-0.39, 0.29) is 23.0 Å². The predicted molar refractivity (Wildman–Crippen MR) is 94.2 cm³/mol. The van der Waals surface area contributed by atoms with Gasteiger partial charge in [0.1, 0.15) is 11.6 Å². The van der Waals surface area contributed by atoms with Crippen LogP contribution in [0.4, 0.5) is 5.69 Å². The van der Waals surface area contributed by atoms with Crippen LogP contribution in [0.3, 0.4) is 0 Å². The molecule has 0 aliphatic carbocycles. The maximum atomic E-state index is 11.2. The molecule has 132 valence electrons. The smallest absolute Gasteiger partial charge is 0.269 e. The van der Waals surface area contributed by atoms with E-state index in [2.05, 4.69) is 21.3 Å². The molecule has 0 bridgehead atoms. The third-order valence-electron chi connectivity index (χ3n) is 4.32. The lowest BCUT2D eigenvalue weighted by Crippen LogP contribution is -2.21. The van der Waals surface area contributed by atoms with Crippen molar-refractivity contribution in [3.63, 3.8) is 0 Å². The van der Waals surface area contributed by atoms with E-state index in [1.165, 1.54) is 12.1 Å². The first-order valence-corrected chi connectivity index (χ1v) is 7.90. The number of nitriles is 1. The number of rotatable bonds is 3. The average Bonchev–Trinajstić information content (AvgIpc) is 3.11. The Kier molecular flexibility index (Phi) is 3.78. The van der Waals surface area contributed by atoms with Crippen LogP contribution >= 0.6 is 0 Å². The van der Waals surface area contributed by atoms with Gasteiger partial charge in [-0.05, 0) is 17.7 Å². The predicted octanol–water partition coefficient (Wildman–Crippen LogP) is 2.60. The van der Waals surface area contributed by atoms with Crippen LogP contribution in [0, 0.1) is 21.4 Å². The summed E-state index contributed by atoms with van der Waals surface area (Å²) in [5.74, 6) is -0.496. The van der Waals surface area contributed by atoms with Crippen LogP contribution in [-0.4, -0.2) is 20.1 Å². The largest absolute Gasteiger partial charge is 0.420 e. The van der Waals surface area contributed by atoms with Gasteiger partial charge in [-0.15, -0.1) is 5.10 Å². The summed E-state index contributed by atoms with van der Waals surface area (Å²) in [6.07, 6.45) is 3.26. The van der Waals surface area contributed by atoms with Crippen molar-refractivity contribution in [1.29, 1.82) is 5.26 Å². The zero-order valence-corrected chi connectivity index (χ0v) is 13.8. The molecule has 0 amide bonds. The first-order valence-electron chi connectivity index (χ1n) is 7.90. The molecule has 1 aliphatic rings. The number of H-pyrrole nitrogens is 1. The minimum absolute atomic E-state index is 0.0747. The minimum Gasteiger partial charge on any atom is -0.420 e. The summed E-state index contributed by atoms with van der Waals surface area (Å²) in [5.41, 5.74) is 8.56. The number of nitro benzene ring substituents is 1. The maximum absolute atomic E-state index is 11.2. The van der Waals surface area contributed by atoms with Crippen LogP contribution in [-0.2, 0) is 0 Å². The fourth-order valence-electron chi connectivity index (χ4n) is 3.13. The van der Waals surface area contributed by atoms with Gasteiger partial charge in [0.25, 0.3) is 5.69 Å². The van der Waals surface area contributed by atoms with Crippen molar-refractivity contribution < 1.29 is 9.66 Å². The summed E-state index contributed by atoms with van der Waals surface area (Å²) in [6.45, 7) is 0. The second-order valence-electron chi connectivity index (χ2n) is 5.83. The molecule has 0 saturated heterocycles. The molecule has 0 unspecified atom stereocenters. The van der Waals surface area contributed by atoms with Crippen LogP contribution in [0.25, 0.3) is 11.3 Å². The van der Waals surface area contributed by atoms with Gasteiger partial charge in [0, 0.05) is 30.1 Å². The number of nitro groups is 1. The highest BCUT2D eigenvalue weighted by Gasteiger charge is 2.36. The van der Waals surface area contributed by atoms with Gasteiger partial charge in [-0.2, -0.15) is 5.26 Å². The molecular formula is C18H12N6O3. The normalized spacial score (nSPS) is 15.6. The highest BCUT2D eigenvalue weighted by Crippen LogP contribution is 2.45. The number of nitrogens with two attached hydrogens (primary N) is 1. The van der Waals surface area contributed by atoms with Crippen molar-refractivity contribution in [3.8, 4) is 23.2 Å². The molecule has 3 aromatic rings. The van der Waals surface area contributed by atoms with Gasteiger partial charge in [-0.25, -0.2) is 0 Å². The molecule has 27 heavy (non-hydrogen) atoms. The Morgan fingerprint density at radius 1 is 1.30 bits per heavy atom. The van der Waals surface area contributed by atoms with E-state index in [1.54, 1.807) is 36.7 Å². The molecule has 1 aliphatic heterocycles. The van der Waals surface area contributed by atoms with Crippen molar-refractivity contribution >= 4 is 5.69 Å². The lowest BCUT2D eigenvalue weighted by atomic mass is 9.83. The van der Waals surface area contributed by atoms with Crippen molar-refractivity contribution in [2.24, 2.45) is 5.73 Å². The molecule has 1 atom stereocenters. The lowest BCUT2D eigenvalue weighted by Gasteiger charge is -2.24. The number of fused-ring (bicyclic) bond motifs is 1. The van der Waals surface area contributed by atoms with E-state index in [4.69, 9.17) is 10.5 Å². The number of ether oxygens (including phenoxy) is 1. The third-order valence-corrected chi connectivity index (χ3v) is 4.32. The zero-order valence-electron chi connectivity index (χ0n) is 13.8. The highest BCUT2D eigenvalue weighted by molar-refractivity contribution is 5.70. The molecule has 2 aromatic heterocycles. The van der Waals surface area contributed by atoms with E-state index in [1.807, 2.05) is 0 Å². The van der Waals surface area contributed by atoms with Gasteiger partial charge in [0.15, 0.2) is 0 Å². The Labute approximate surface area is 152 Å². The van der Waals surface area contributed by atoms with Crippen LogP contribution in [0.5, 0.6) is 5.88 Å². The maximum Gasteiger partial charge on any atom is 0.269 e. The van der Waals surface area contributed by atoms with Gasteiger partial charge in [0.2, 0.25) is 11.8 Å². The van der Waals surface area contributed by atoms with E-state index in [0.29, 0.717) is 16.8 Å². The zero-order chi connectivity index (χ0) is 19.0. The van der Waals surface area contributed by atoms with Gasteiger partial charge in [0.05, 0.1) is 22.1 Å². The van der Waals surface area contributed by atoms with E-state index in [0.717, 1.165) is 5.56 Å². The molecule has 0 saturated carbocycles. The Bertz CT molecular complexity index is 1110.